The highest BCUT2D eigenvalue weighted by Gasteiger charge is 2.25. The van der Waals surface area contributed by atoms with Crippen LogP contribution in [0.3, 0.4) is 0 Å². The topological polar surface area (TPSA) is 58.2 Å². The third-order valence-electron chi connectivity index (χ3n) is 3.20. The van der Waals surface area contributed by atoms with E-state index in [1.165, 1.54) is 0 Å². The van der Waals surface area contributed by atoms with Crippen LogP contribution >= 0.6 is 0 Å². The number of rotatable bonds is 4. The van der Waals surface area contributed by atoms with Crippen LogP contribution in [0, 0.1) is 5.92 Å². The zero-order chi connectivity index (χ0) is 12.3. The lowest BCUT2D eigenvalue weighted by Crippen LogP contribution is -2.38. The maximum Gasteiger partial charge on any atom is 0.240 e. The molecule has 94 valence electrons. The van der Waals surface area contributed by atoms with Crippen molar-refractivity contribution in [2.45, 2.75) is 24.3 Å². The number of nitrogens with one attached hydrogen (secondary N) is 2. The van der Waals surface area contributed by atoms with E-state index in [1.807, 2.05) is 13.0 Å². The fourth-order valence-electron chi connectivity index (χ4n) is 2.11. The molecule has 0 radical (unpaired) electrons. The standard InChI is InChI=1S/C12H18N2O2S/c1-10(11-7-8-13-9-11)14-17(15,16)12-5-3-2-4-6-12/h2-6,10-11,13-14H,7-9H2,1H3. The van der Waals surface area contributed by atoms with Gasteiger partial charge in [-0.2, -0.15) is 0 Å². The Morgan fingerprint density at radius 3 is 2.65 bits per heavy atom. The van der Waals surface area contributed by atoms with Crippen molar-refractivity contribution in [3.05, 3.63) is 30.3 Å². The van der Waals surface area contributed by atoms with Gasteiger partial charge in [-0.3, -0.25) is 0 Å². The fourth-order valence-corrected chi connectivity index (χ4v) is 3.45. The first-order valence-corrected chi connectivity index (χ1v) is 7.36. The number of benzene rings is 1. The number of hydrogen-bond donors (Lipinski definition) is 2. The summed E-state index contributed by atoms with van der Waals surface area (Å²) in [4.78, 5) is 0.331. The normalized spacial score (nSPS) is 22.5. The molecule has 5 heteroatoms. The highest BCUT2D eigenvalue weighted by atomic mass is 32.2. The third-order valence-corrected chi connectivity index (χ3v) is 4.77. The monoisotopic (exact) mass is 254 g/mol. The molecule has 0 amide bonds. The van der Waals surface area contributed by atoms with Gasteiger partial charge in [0.15, 0.2) is 0 Å². The molecule has 2 N–H and O–H groups in total. The first-order chi connectivity index (χ1) is 8.09. The van der Waals surface area contributed by atoms with E-state index >= 15 is 0 Å². The van der Waals surface area contributed by atoms with Gasteiger partial charge in [0.25, 0.3) is 0 Å². The molecule has 0 bridgehead atoms. The second kappa shape index (κ2) is 5.16. The van der Waals surface area contributed by atoms with Crippen LogP contribution in [0.15, 0.2) is 35.2 Å². The van der Waals surface area contributed by atoms with Crippen LogP contribution < -0.4 is 10.0 Å². The Labute approximate surface area is 102 Å². The Hall–Kier alpha value is -0.910. The summed E-state index contributed by atoms with van der Waals surface area (Å²) in [6.07, 6.45) is 1.03. The molecule has 2 unspecified atom stereocenters. The van der Waals surface area contributed by atoms with Crippen LogP contribution in [-0.2, 0) is 10.0 Å². The second-order valence-electron chi connectivity index (χ2n) is 4.48. The molecule has 0 spiro atoms. The smallest absolute Gasteiger partial charge is 0.240 e. The van der Waals surface area contributed by atoms with Crippen molar-refractivity contribution in [1.29, 1.82) is 0 Å². The molecule has 1 heterocycles. The number of hydrogen-bond acceptors (Lipinski definition) is 3. The Morgan fingerprint density at radius 1 is 1.35 bits per heavy atom. The van der Waals surface area contributed by atoms with Crippen LogP contribution in [0.1, 0.15) is 13.3 Å². The van der Waals surface area contributed by atoms with Crippen molar-refractivity contribution in [2.75, 3.05) is 13.1 Å². The minimum atomic E-state index is -3.37. The average molecular weight is 254 g/mol. The molecule has 1 aliphatic heterocycles. The zero-order valence-corrected chi connectivity index (χ0v) is 10.7. The van der Waals surface area contributed by atoms with Crippen molar-refractivity contribution in [2.24, 2.45) is 5.92 Å². The van der Waals surface area contributed by atoms with Gasteiger partial charge in [-0.1, -0.05) is 18.2 Å². The van der Waals surface area contributed by atoms with Crippen molar-refractivity contribution in [3.63, 3.8) is 0 Å². The van der Waals surface area contributed by atoms with Crippen LogP contribution in [0.2, 0.25) is 0 Å². The first kappa shape index (κ1) is 12.5. The Balaban J connectivity index is 2.07. The van der Waals surface area contributed by atoms with E-state index in [0.29, 0.717) is 10.8 Å². The first-order valence-electron chi connectivity index (χ1n) is 5.88. The summed E-state index contributed by atoms with van der Waals surface area (Å²) in [6.45, 7) is 3.79. The average Bonchev–Trinajstić information content (AvgIpc) is 2.83. The van der Waals surface area contributed by atoms with Crippen LogP contribution in [0.5, 0.6) is 0 Å². The van der Waals surface area contributed by atoms with E-state index in [9.17, 15) is 8.42 Å². The van der Waals surface area contributed by atoms with Crippen LogP contribution in [-0.4, -0.2) is 27.5 Å². The zero-order valence-electron chi connectivity index (χ0n) is 9.89. The Kier molecular flexibility index (Phi) is 3.81. The predicted octanol–water partition coefficient (Wildman–Crippen LogP) is 0.963. The van der Waals surface area contributed by atoms with Crippen LogP contribution in [0.4, 0.5) is 0 Å². The van der Waals surface area contributed by atoms with E-state index in [2.05, 4.69) is 10.0 Å². The fraction of sp³-hybridized carbons (Fsp3) is 0.500. The highest BCUT2D eigenvalue weighted by Crippen LogP contribution is 2.15. The lowest BCUT2D eigenvalue weighted by molar-refractivity contribution is 0.444. The summed E-state index contributed by atoms with van der Waals surface area (Å²) in [7, 11) is -3.37. The third kappa shape index (κ3) is 3.06. The van der Waals surface area contributed by atoms with E-state index in [1.54, 1.807) is 24.3 Å². The predicted molar refractivity (Wildman–Crippen MR) is 67.2 cm³/mol. The molecule has 0 aliphatic carbocycles. The molecular formula is C12H18N2O2S. The molecule has 0 aromatic heterocycles. The van der Waals surface area contributed by atoms with Crippen LogP contribution in [0.25, 0.3) is 0 Å². The van der Waals surface area contributed by atoms with E-state index in [4.69, 9.17) is 0 Å². The SMILES string of the molecule is CC(NS(=O)(=O)c1ccccc1)C1CCNC1. The summed E-state index contributed by atoms with van der Waals surface area (Å²) in [6, 6.07) is 8.47. The number of sulfonamides is 1. The minimum Gasteiger partial charge on any atom is -0.316 e. The molecule has 17 heavy (non-hydrogen) atoms. The molecule has 4 nitrogen and oxygen atoms in total. The Bertz CT molecular complexity index is 453. The molecule has 0 saturated carbocycles. The summed E-state index contributed by atoms with van der Waals surface area (Å²) in [5, 5.41) is 3.24. The van der Waals surface area contributed by atoms with Gasteiger partial charge in [0.05, 0.1) is 4.90 Å². The van der Waals surface area contributed by atoms with E-state index < -0.39 is 10.0 Å². The largest absolute Gasteiger partial charge is 0.316 e. The lowest BCUT2D eigenvalue weighted by atomic mass is 10.0. The second-order valence-corrected chi connectivity index (χ2v) is 6.19. The van der Waals surface area contributed by atoms with Gasteiger partial charge < -0.3 is 5.32 Å². The van der Waals surface area contributed by atoms with Gasteiger partial charge in [-0.05, 0) is 44.5 Å². The van der Waals surface area contributed by atoms with Crippen molar-refractivity contribution >= 4 is 10.0 Å². The Morgan fingerprint density at radius 2 is 2.06 bits per heavy atom. The van der Waals surface area contributed by atoms with Crippen molar-refractivity contribution < 1.29 is 8.42 Å². The summed E-state index contributed by atoms with van der Waals surface area (Å²) in [5.41, 5.74) is 0. The maximum atomic E-state index is 12.1. The summed E-state index contributed by atoms with van der Waals surface area (Å²) in [5.74, 6) is 0.383. The molecule has 1 aromatic carbocycles. The maximum absolute atomic E-state index is 12.1. The quantitative estimate of drug-likeness (QED) is 0.841. The molecular weight excluding hydrogens is 236 g/mol. The van der Waals surface area contributed by atoms with Gasteiger partial charge in [-0.25, -0.2) is 13.1 Å². The molecule has 1 aliphatic rings. The van der Waals surface area contributed by atoms with Gasteiger partial charge in [0.2, 0.25) is 10.0 Å². The van der Waals surface area contributed by atoms with Gasteiger partial charge in [0, 0.05) is 6.04 Å². The van der Waals surface area contributed by atoms with Crippen molar-refractivity contribution in [3.8, 4) is 0 Å². The summed E-state index contributed by atoms with van der Waals surface area (Å²) >= 11 is 0. The summed E-state index contributed by atoms with van der Waals surface area (Å²) < 4.78 is 26.9. The highest BCUT2D eigenvalue weighted by molar-refractivity contribution is 7.89. The lowest BCUT2D eigenvalue weighted by Gasteiger charge is -2.19. The van der Waals surface area contributed by atoms with Crippen molar-refractivity contribution in [1.82, 2.24) is 10.0 Å². The van der Waals surface area contributed by atoms with Gasteiger partial charge >= 0.3 is 0 Å². The molecule has 1 saturated heterocycles. The molecule has 1 aromatic rings. The molecule has 2 rings (SSSR count). The van der Waals surface area contributed by atoms with E-state index in [0.717, 1.165) is 19.5 Å². The van der Waals surface area contributed by atoms with E-state index in [-0.39, 0.29) is 6.04 Å². The van der Waals surface area contributed by atoms with Gasteiger partial charge in [0.1, 0.15) is 0 Å². The molecule has 1 fully saturated rings. The van der Waals surface area contributed by atoms with Gasteiger partial charge in [-0.15, -0.1) is 0 Å². The molecule has 2 atom stereocenters. The minimum absolute atomic E-state index is 0.0322.